The third kappa shape index (κ3) is 5.42. The van der Waals surface area contributed by atoms with E-state index >= 15 is 0 Å². The smallest absolute Gasteiger partial charge is 0.321 e. The molecule has 2 atom stereocenters. The van der Waals surface area contributed by atoms with Crippen molar-refractivity contribution in [2.45, 2.75) is 37.6 Å². The first-order valence-electron chi connectivity index (χ1n) is 9.39. The molecule has 0 aromatic heterocycles. The van der Waals surface area contributed by atoms with Gasteiger partial charge in [0.1, 0.15) is 30.8 Å². The average molecular weight is 402 g/mol. The van der Waals surface area contributed by atoms with Crippen molar-refractivity contribution in [3.8, 4) is 11.5 Å². The molecule has 2 N–H and O–H groups in total. The molecule has 2 aromatic carbocycles. The van der Waals surface area contributed by atoms with Crippen LogP contribution in [-0.4, -0.2) is 36.1 Å². The van der Waals surface area contributed by atoms with Crippen molar-refractivity contribution in [3.05, 3.63) is 59.7 Å². The van der Waals surface area contributed by atoms with Crippen LogP contribution in [0.2, 0.25) is 0 Å². The van der Waals surface area contributed by atoms with Crippen molar-refractivity contribution >= 4 is 17.7 Å². The molecular weight excluding hydrogens is 374 g/mol. The Labute approximate surface area is 170 Å². The zero-order valence-corrected chi connectivity index (χ0v) is 17.3. The number of thioether (sulfide) groups is 1. The molecule has 1 aliphatic rings. The number of hydrogen-bond acceptors (Lipinski definition) is 5. The highest BCUT2D eigenvalue weighted by atomic mass is 32.2. The Morgan fingerprint density at radius 2 is 1.57 bits per heavy atom. The van der Waals surface area contributed by atoms with Crippen LogP contribution in [0.4, 0.5) is 0 Å². The van der Waals surface area contributed by atoms with Crippen molar-refractivity contribution < 1.29 is 19.4 Å². The van der Waals surface area contributed by atoms with E-state index in [0.717, 1.165) is 17.1 Å². The summed E-state index contributed by atoms with van der Waals surface area (Å²) >= 11 is 1.61. The summed E-state index contributed by atoms with van der Waals surface area (Å²) < 4.78 is 11.5. The van der Waals surface area contributed by atoms with Gasteiger partial charge in [0.25, 0.3) is 0 Å². The minimum absolute atomic E-state index is 0.00885. The number of hydrogen-bond donors (Lipinski definition) is 2. The van der Waals surface area contributed by atoms with Crippen LogP contribution < -0.4 is 14.8 Å². The predicted octanol–water partition coefficient (Wildman–Crippen LogP) is 4.23. The summed E-state index contributed by atoms with van der Waals surface area (Å²) in [6.45, 7) is 7.49. The number of carbonyl (C=O) groups is 1. The van der Waals surface area contributed by atoms with Gasteiger partial charge in [-0.15, -0.1) is 11.8 Å². The average Bonchev–Trinajstić information content (AvgIpc) is 3.16. The summed E-state index contributed by atoms with van der Waals surface area (Å²) in [6, 6.07) is 15.4. The summed E-state index contributed by atoms with van der Waals surface area (Å²) in [5.41, 5.74) is 2.46. The third-order valence-electron chi connectivity index (χ3n) is 4.60. The monoisotopic (exact) mass is 401 g/mol. The Kier molecular flexibility index (Phi) is 6.52. The Balaban J connectivity index is 1.42. The number of carboxylic acid groups (broad SMARTS) is 1. The van der Waals surface area contributed by atoms with Crippen LogP contribution in [0.5, 0.6) is 11.5 Å². The van der Waals surface area contributed by atoms with Crippen LogP contribution in [0.25, 0.3) is 0 Å². The van der Waals surface area contributed by atoms with Gasteiger partial charge in [-0.1, -0.05) is 45.0 Å². The molecule has 1 heterocycles. The van der Waals surface area contributed by atoms with Crippen molar-refractivity contribution in [1.82, 2.24) is 5.32 Å². The maximum Gasteiger partial charge on any atom is 0.321 e. The molecule has 1 fully saturated rings. The molecule has 2 aromatic rings. The lowest BCUT2D eigenvalue weighted by molar-refractivity contribution is -0.138. The first-order chi connectivity index (χ1) is 13.3. The number of ether oxygens (including phenoxy) is 2. The highest BCUT2D eigenvalue weighted by Crippen LogP contribution is 2.33. The first-order valence-corrected chi connectivity index (χ1v) is 10.4. The van der Waals surface area contributed by atoms with Crippen LogP contribution in [-0.2, 0) is 10.2 Å². The molecule has 0 amide bonds. The predicted molar refractivity (Wildman–Crippen MR) is 112 cm³/mol. The van der Waals surface area contributed by atoms with E-state index in [-0.39, 0.29) is 10.8 Å². The molecule has 0 spiro atoms. The van der Waals surface area contributed by atoms with Gasteiger partial charge in [-0.2, -0.15) is 0 Å². The van der Waals surface area contributed by atoms with E-state index in [0.29, 0.717) is 19.0 Å². The lowest BCUT2D eigenvalue weighted by Gasteiger charge is -2.19. The molecule has 6 heteroatoms. The second kappa shape index (κ2) is 8.88. The lowest BCUT2D eigenvalue weighted by Crippen LogP contribution is -2.33. The topological polar surface area (TPSA) is 67.8 Å². The second-order valence-corrected chi connectivity index (χ2v) is 8.95. The Morgan fingerprint density at radius 3 is 2.04 bits per heavy atom. The van der Waals surface area contributed by atoms with Crippen LogP contribution in [0, 0.1) is 0 Å². The molecule has 0 saturated carbocycles. The van der Waals surface area contributed by atoms with Crippen molar-refractivity contribution in [3.63, 3.8) is 0 Å². The van der Waals surface area contributed by atoms with Crippen molar-refractivity contribution in [1.29, 1.82) is 0 Å². The fraction of sp³-hybridized carbons (Fsp3) is 0.409. The largest absolute Gasteiger partial charge is 0.490 e. The molecule has 2 unspecified atom stereocenters. The molecule has 1 saturated heterocycles. The number of nitrogens with one attached hydrogen (secondary N) is 1. The molecule has 28 heavy (non-hydrogen) atoms. The van der Waals surface area contributed by atoms with Crippen LogP contribution >= 0.6 is 11.8 Å². The lowest BCUT2D eigenvalue weighted by atomic mass is 9.87. The zero-order chi connectivity index (χ0) is 20.1. The van der Waals surface area contributed by atoms with E-state index in [2.05, 4.69) is 38.2 Å². The minimum Gasteiger partial charge on any atom is -0.490 e. The maximum atomic E-state index is 11.0. The third-order valence-corrected chi connectivity index (χ3v) is 5.87. The van der Waals surface area contributed by atoms with Gasteiger partial charge in [0.05, 0.1) is 5.37 Å². The molecule has 0 bridgehead atoms. The van der Waals surface area contributed by atoms with Gasteiger partial charge in [0, 0.05) is 5.75 Å². The fourth-order valence-electron chi connectivity index (χ4n) is 2.92. The van der Waals surface area contributed by atoms with Gasteiger partial charge in [-0.05, 0) is 40.8 Å². The number of aliphatic carboxylic acids is 1. The molecule has 5 nitrogen and oxygen atoms in total. The maximum absolute atomic E-state index is 11.0. The van der Waals surface area contributed by atoms with Gasteiger partial charge in [-0.3, -0.25) is 10.1 Å². The normalized spacial score (nSPS) is 19.4. The molecule has 150 valence electrons. The van der Waals surface area contributed by atoms with Gasteiger partial charge in [-0.25, -0.2) is 0 Å². The minimum atomic E-state index is -0.803. The van der Waals surface area contributed by atoms with Crippen LogP contribution in [0.3, 0.4) is 0 Å². The van der Waals surface area contributed by atoms with Crippen LogP contribution in [0.1, 0.15) is 37.3 Å². The van der Waals surface area contributed by atoms with E-state index in [1.807, 2.05) is 36.4 Å². The standard InChI is InChI=1S/C22H27NO4S/c1-22(2,3)16-6-10-18(11-7-16)27-13-12-26-17-8-4-15(5-9-17)20-23-19(14-28-20)21(24)25/h4-11,19-20,23H,12-14H2,1-3H3,(H,24,25). The van der Waals surface area contributed by atoms with E-state index in [4.69, 9.17) is 14.6 Å². The molecular formula is C22H27NO4S. The number of carboxylic acids is 1. The van der Waals surface area contributed by atoms with E-state index in [1.54, 1.807) is 11.8 Å². The van der Waals surface area contributed by atoms with E-state index < -0.39 is 12.0 Å². The Morgan fingerprint density at radius 1 is 1.04 bits per heavy atom. The Hall–Kier alpha value is -2.18. The first kappa shape index (κ1) is 20.6. The van der Waals surface area contributed by atoms with E-state index in [1.165, 1.54) is 5.56 Å². The number of rotatable bonds is 7. The van der Waals surface area contributed by atoms with Gasteiger partial charge >= 0.3 is 5.97 Å². The molecule has 0 radical (unpaired) electrons. The fourth-order valence-corrected chi connectivity index (χ4v) is 4.15. The molecule has 3 rings (SSSR count). The summed E-state index contributed by atoms with van der Waals surface area (Å²) in [6.07, 6.45) is 0. The summed E-state index contributed by atoms with van der Waals surface area (Å²) in [5.74, 6) is 1.38. The summed E-state index contributed by atoms with van der Waals surface area (Å²) in [7, 11) is 0. The van der Waals surface area contributed by atoms with E-state index in [9.17, 15) is 4.79 Å². The number of benzene rings is 2. The quantitative estimate of drug-likeness (QED) is 0.677. The summed E-state index contributed by atoms with van der Waals surface area (Å²) in [5, 5.41) is 12.2. The zero-order valence-electron chi connectivity index (χ0n) is 16.5. The molecule has 1 aliphatic heterocycles. The van der Waals surface area contributed by atoms with Gasteiger partial charge in [0.15, 0.2) is 0 Å². The highest BCUT2D eigenvalue weighted by Gasteiger charge is 2.30. The summed E-state index contributed by atoms with van der Waals surface area (Å²) in [4.78, 5) is 11.0. The SMILES string of the molecule is CC(C)(C)c1ccc(OCCOc2ccc(C3NC(C(=O)O)CS3)cc2)cc1. The van der Waals surface area contributed by atoms with Crippen LogP contribution in [0.15, 0.2) is 48.5 Å². The van der Waals surface area contributed by atoms with Crippen molar-refractivity contribution in [2.75, 3.05) is 19.0 Å². The van der Waals surface area contributed by atoms with Crippen molar-refractivity contribution in [2.24, 2.45) is 0 Å². The second-order valence-electron chi connectivity index (χ2n) is 7.81. The van der Waals surface area contributed by atoms with Gasteiger partial charge < -0.3 is 14.6 Å². The van der Waals surface area contributed by atoms with Gasteiger partial charge in [0.2, 0.25) is 0 Å². The highest BCUT2D eigenvalue weighted by molar-refractivity contribution is 7.99. The Bertz CT molecular complexity index is 784. The molecule has 0 aliphatic carbocycles.